The summed E-state index contributed by atoms with van der Waals surface area (Å²) in [6, 6.07) is 0. The first kappa shape index (κ1) is 9.82. The van der Waals surface area contributed by atoms with E-state index in [1.807, 2.05) is 0 Å². The van der Waals surface area contributed by atoms with Gasteiger partial charge in [-0.25, -0.2) is 4.68 Å². The van der Waals surface area contributed by atoms with Crippen molar-refractivity contribution in [1.29, 1.82) is 0 Å². The van der Waals surface area contributed by atoms with Gasteiger partial charge >= 0.3 is 0 Å². The highest BCUT2D eigenvalue weighted by Crippen LogP contribution is 2.38. The fourth-order valence-electron chi connectivity index (χ4n) is 1.34. The Morgan fingerprint density at radius 2 is 2.47 bits per heavy atom. The van der Waals surface area contributed by atoms with E-state index < -0.39 is 0 Å². The summed E-state index contributed by atoms with van der Waals surface area (Å²) in [5.74, 6) is 1.18. The Morgan fingerprint density at radius 1 is 1.67 bits per heavy atom. The van der Waals surface area contributed by atoms with E-state index in [2.05, 4.69) is 27.4 Å². The van der Waals surface area contributed by atoms with Crippen molar-refractivity contribution in [1.82, 2.24) is 25.5 Å². The zero-order valence-electron chi connectivity index (χ0n) is 8.39. The number of rotatable bonds is 5. The third-order valence-electron chi connectivity index (χ3n) is 2.24. The van der Waals surface area contributed by atoms with Gasteiger partial charge in [-0.1, -0.05) is 6.08 Å². The summed E-state index contributed by atoms with van der Waals surface area (Å²) in [5, 5.41) is 14.0. The van der Waals surface area contributed by atoms with E-state index in [1.54, 1.807) is 10.8 Å². The smallest absolute Gasteiger partial charge is 0.242 e. The molecule has 2 rings (SSSR count). The second-order valence-corrected chi connectivity index (χ2v) is 3.56. The minimum absolute atomic E-state index is 0.0934. The molecule has 1 aliphatic carbocycles. The fourth-order valence-corrected chi connectivity index (χ4v) is 1.34. The Hall–Kier alpha value is -1.72. The molecule has 1 saturated carbocycles. The minimum atomic E-state index is -0.0934. The van der Waals surface area contributed by atoms with Crippen LogP contribution in [0.5, 0.6) is 0 Å². The zero-order chi connectivity index (χ0) is 10.7. The molecular weight excluding hydrogens is 194 g/mol. The van der Waals surface area contributed by atoms with E-state index in [0.29, 0.717) is 12.5 Å². The maximum absolute atomic E-state index is 11.4. The summed E-state index contributed by atoms with van der Waals surface area (Å²) in [5.41, 5.74) is 0. The van der Waals surface area contributed by atoms with Crippen LogP contribution in [0.15, 0.2) is 12.7 Å². The van der Waals surface area contributed by atoms with E-state index in [0.717, 1.165) is 18.7 Å². The Labute approximate surface area is 87.4 Å². The predicted octanol–water partition coefficient (Wildman–Crippen LogP) is -0.147. The number of carbonyl (C=O) groups is 1. The second-order valence-electron chi connectivity index (χ2n) is 3.56. The standard InChI is InChI=1S/C9H13N5O/c1-2-5-10-8(15)6-14-9(7-3-4-7)11-12-13-14/h2,7H,1,3-6H2,(H,10,15). The maximum atomic E-state index is 11.4. The van der Waals surface area contributed by atoms with Gasteiger partial charge in [-0.05, 0) is 23.3 Å². The molecule has 1 aliphatic rings. The number of carbonyl (C=O) groups excluding carboxylic acids is 1. The minimum Gasteiger partial charge on any atom is -0.351 e. The van der Waals surface area contributed by atoms with E-state index in [9.17, 15) is 4.79 Å². The van der Waals surface area contributed by atoms with Crippen molar-refractivity contribution >= 4 is 5.91 Å². The van der Waals surface area contributed by atoms with Gasteiger partial charge in [0.2, 0.25) is 5.91 Å². The van der Waals surface area contributed by atoms with Gasteiger partial charge in [0.15, 0.2) is 5.82 Å². The maximum Gasteiger partial charge on any atom is 0.242 e. The molecule has 0 radical (unpaired) electrons. The molecule has 15 heavy (non-hydrogen) atoms. The van der Waals surface area contributed by atoms with Crippen LogP contribution < -0.4 is 5.32 Å². The quantitative estimate of drug-likeness (QED) is 0.682. The monoisotopic (exact) mass is 207 g/mol. The van der Waals surface area contributed by atoms with E-state index in [4.69, 9.17) is 0 Å². The zero-order valence-corrected chi connectivity index (χ0v) is 8.39. The Bertz CT molecular complexity index is 368. The number of hydrogen-bond acceptors (Lipinski definition) is 4. The van der Waals surface area contributed by atoms with Crippen molar-refractivity contribution in [3.63, 3.8) is 0 Å². The first-order valence-electron chi connectivity index (χ1n) is 4.95. The largest absolute Gasteiger partial charge is 0.351 e. The van der Waals surface area contributed by atoms with Crippen LogP contribution in [0.1, 0.15) is 24.6 Å². The lowest BCUT2D eigenvalue weighted by Crippen LogP contribution is -2.28. The van der Waals surface area contributed by atoms with Crippen molar-refractivity contribution < 1.29 is 4.79 Å². The van der Waals surface area contributed by atoms with Gasteiger partial charge in [0.1, 0.15) is 6.54 Å². The van der Waals surface area contributed by atoms with Crippen LogP contribution >= 0.6 is 0 Å². The van der Waals surface area contributed by atoms with Crippen molar-refractivity contribution in [2.75, 3.05) is 6.54 Å². The number of hydrogen-bond donors (Lipinski definition) is 1. The van der Waals surface area contributed by atoms with Gasteiger partial charge < -0.3 is 5.32 Å². The number of nitrogens with one attached hydrogen (secondary N) is 1. The topological polar surface area (TPSA) is 72.7 Å². The molecule has 0 atom stereocenters. The van der Waals surface area contributed by atoms with Gasteiger partial charge in [-0.3, -0.25) is 4.79 Å². The number of aromatic nitrogens is 4. The summed E-state index contributed by atoms with van der Waals surface area (Å²) in [6.07, 6.45) is 3.88. The highest BCUT2D eigenvalue weighted by molar-refractivity contribution is 5.75. The van der Waals surface area contributed by atoms with Gasteiger partial charge in [0, 0.05) is 12.5 Å². The molecule has 80 valence electrons. The summed E-state index contributed by atoms with van der Waals surface area (Å²) in [4.78, 5) is 11.4. The lowest BCUT2D eigenvalue weighted by molar-refractivity contribution is -0.121. The highest BCUT2D eigenvalue weighted by atomic mass is 16.2. The predicted molar refractivity (Wildman–Crippen MR) is 53.0 cm³/mol. The van der Waals surface area contributed by atoms with E-state index in [1.165, 1.54) is 0 Å². The number of nitrogens with zero attached hydrogens (tertiary/aromatic N) is 4. The first-order chi connectivity index (χ1) is 7.31. The molecule has 0 unspecified atom stereocenters. The Balaban J connectivity index is 1.94. The highest BCUT2D eigenvalue weighted by Gasteiger charge is 2.29. The molecule has 6 heteroatoms. The lowest BCUT2D eigenvalue weighted by Gasteiger charge is -2.03. The number of tetrazole rings is 1. The molecule has 1 aromatic heterocycles. The SMILES string of the molecule is C=CCNC(=O)Cn1nnnc1C1CC1. The van der Waals surface area contributed by atoms with Crippen LogP contribution in [0.25, 0.3) is 0 Å². The van der Waals surface area contributed by atoms with Crippen LogP contribution in [0, 0.1) is 0 Å². The lowest BCUT2D eigenvalue weighted by atomic mass is 10.4. The van der Waals surface area contributed by atoms with Crippen LogP contribution in [-0.4, -0.2) is 32.7 Å². The average Bonchev–Trinajstić information content (AvgIpc) is 2.97. The molecule has 1 heterocycles. The van der Waals surface area contributed by atoms with Crippen LogP contribution in [0.2, 0.25) is 0 Å². The molecule has 1 fully saturated rings. The summed E-state index contributed by atoms with van der Waals surface area (Å²) < 4.78 is 1.57. The second kappa shape index (κ2) is 4.20. The van der Waals surface area contributed by atoms with Crippen LogP contribution in [0.4, 0.5) is 0 Å². The summed E-state index contributed by atoms with van der Waals surface area (Å²) in [7, 11) is 0. The molecule has 1 amide bonds. The molecule has 1 N–H and O–H groups in total. The average molecular weight is 207 g/mol. The van der Waals surface area contributed by atoms with Gasteiger partial charge in [-0.15, -0.1) is 11.7 Å². The molecule has 0 aromatic carbocycles. The Kier molecular flexibility index (Phi) is 2.75. The summed E-state index contributed by atoms with van der Waals surface area (Å²) >= 11 is 0. The van der Waals surface area contributed by atoms with Gasteiger partial charge in [0.05, 0.1) is 0 Å². The third-order valence-corrected chi connectivity index (χ3v) is 2.24. The fraction of sp³-hybridized carbons (Fsp3) is 0.556. The van der Waals surface area contributed by atoms with Gasteiger partial charge in [-0.2, -0.15) is 0 Å². The normalized spacial score (nSPS) is 14.9. The van der Waals surface area contributed by atoms with Crippen molar-refractivity contribution in [2.24, 2.45) is 0 Å². The molecule has 0 aliphatic heterocycles. The van der Waals surface area contributed by atoms with E-state index >= 15 is 0 Å². The molecule has 0 bridgehead atoms. The van der Waals surface area contributed by atoms with Crippen molar-refractivity contribution in [3.8, 4) is 0 Å². The molecule has 0 saturated heterocycles. The Morgan fingerprint density at radius 3 is 3.13 bits per heavy atom. The number of amides is 1. The van der Waals surface area contributed by atoms with Crippen LogP contribution in [0.3, 0.4) is 0 Å². The molecule has 1 aromatic rings. The molecule has 0 spiro atoms. The summed E-state index contributed by atoms with van der Waals surface area (Å²) in [6.45, 7) is 4.18. The van der Waals surface area contributed by atoms with Crippen LogP contribution in [-0.2, 0) is 11.3 Å². The van der Waals surface area contributed by atoms with Crippen molar-refractivity contribution in [2.45, 2.75) is 25.3 Å². The third kappa shape index (κ3) is 2.39. The molecular formula is C9H13N5O. The van der Waals surface area contributed by atoms with E-state index in [-0.39, 0.29) is 12.5 Å². The molecule has 6 nitrogen and oxygen atoms in total. The van der Waals surface area contributed by atoms with Crippen molar-refractivity contribution in [3.05, 3.63) is 18.5 Å². The first-order valence-corrected chi connectivity index (χ1v) is 4.95. The van der Waals surface area contributed by atoms with Gasteiger partial charge in [0.25, 0.3) is 0 Å².